The molecule has 6 heteroatoms. The molecule has 2 aromatic rings. The van der Waals surface area contributed by atoms with E-state index in [1.807, 2.05) is 54.6 Å². The van der Waals surface area contributed by atoms with E-state index >= 15 is 0 Å². The van der Waals surface area contributed by atoms with Gasteiger partial charge in [-0.25, -0.2) is 0 Å². The number of hydrogen-bond donors (Lipinski definition) is 1. The van der Waals surface area contributed by atoms with E-state index in [-0.39, 0.29) is 19.6 Å². The van der Waals surface area contributed by atoms with Crippen molar-refractivity contribution in [1.29, 1.82) is 0 Å². The molecule has 0 aliphatic heterocycles. The standard InChI is InChI=1S/C20H25O5P/c1-4-24-26(23,25-5-2)20(3,19(21)22)15-16-11-13-18(14-12-16)17-9-7-6-8-10-17/h6-14H,4-5,15H2,1-3H3,(H,21,22). The zero-order valence-corrected chi connectivity index (χ0v) is 16.2. The molecule has 0 saturated heterocycles. The Balaban J connectivity index is 2.32. The van der Waals surface area contributed by atoms with Gasteiger partial charge in [-0.2, -0.15) is 0 Å². The molecular weight excluding hydrogens is 351 g/mol. The van der Waals surface area contributed by atoms with Crippen LogP contribution in [0.25, 0.3) is 11.1 Å². The van der Waals surface area contributed by atoms with Gasteiger partial charge in [-0.1, -0.05) is 54.6 Å². The predicted octanol–water partition coefficient (Wildman–Crippen LogP) is 5.01. The molecule has 0 saturated carbocycles. The minimum absolute atomic E-state index is 0.0503. The molecule has 0 fully saturated rings. The Kier molecular flexibility index (Phi) is 6.76. The van der Waals surface area contributed by atoms with Crippen LogP contribution >= 0.6 is 7.60 Å². The predicted molar refractivity (Wildman–Crippen MR) is 102 cm³/mol. The fourth-order valence-corrected chi connectivity index (χ4v) is 4.73. The maximum atomic E-state index is 13.1. The Labute approximate surface area is 154 Å². The van der Waals surface area contributed by atoms with E-state index in [1.54, 1.807) is 13.8 Å². The van der Waals surface area contributed by atoms with Crippen LogP contribution in [-0.4, -0.2) is 29.4 Å². The van der Waals surface area contributed by atoms with Gasteiger partial charge in [0, 0.05) is 0 Å². The smallest absolute Gasteiger partial charge is 0.347 e. The second-order valence-electron chi connectivity index (χ2n) is 6.15. The molecule has 2 rings (SSSR count). The van der Waals surface area contributed by atoms with Crippen LogP contribution in [-0.2, 0) is 24.8 Å². The maximum absolute atomic E-state index is 13.1. The maximum Gasteiger partial charge on any atom is 0.347 e. The molecule has 1 unspecified atom stereocenters. The van der Waals surface area contributed by atoms with Crippen LogP contribution in [0.15, 0.2) is 54.6 Å². The lowest BCUT2D eigenvalue weighted by Crippen LogP contribution is -2.39. The number of carbonyl (C=O) groups is 1. The van der Waals surface area contributed by atoms with Crippen LogP contribution in [0.3, 0.4) is 0 Å². The van der Waals surface area contributed by atoms with E-state index in [1.165, 1.54) is 6.92 Å². The lowest BCUT2D eigenvalue weighted by Gasteiger charge is -2.32. The fraction of sp³-hybridized carbons (Fsp3) is 0.350. The van der Waals surface area contributed by atoms with Gasteiger partial charge in [0.2, 0.25) is 0 Å². The van der Waals surface area contributed by atoms with Crippen LogP contribution in [0.2, 0.25) is 0 Å². The molecule has 0 aromatic heterocycles. The molecule has 26 heavy (non-hydrogen) atoms. The van der Waals surface area contributed by atoms with Gasteiger partial charge in [0.05, 0.1) is 13.2 Å². The summed E-state index contributed by atoms with van der Waals surface area (Å²) in [7, 11) is -3.83. The molecule has 1 N–H and O–H groups in total. The number of rotatable bonds is 9. The van der Waals surface area contributed by atoms with Crippen molar-refractivity contribution < 1.29 is 23.5 Å². The molecule has 2 aromatic carbocycles. The molecule has 0 radical (unpaired) electrons. The number of benzene rings is 2. The third-order valence-corrected chi connectivity index (χ3v) is 7.03. The van der Waals surface area contributed by atoms with Crippen LogP contribution in [0.1, 0.15) is 26.3 Å². The molecule has 1 atom stereocenters. The quantitative estimate of drug-likeness (QED) is 0.623. The highest BCUT2D eigenvalue weighted by Crippen LogP contribution is 2.61. The van der Waals surface area contributed by atoms with Crippen LogP contribution < -0.4 is 0 Å². The van der Waals surface area contributed by atoms with Crippen molar-refractivity contribution in [2.24, 2.45) is 0 Å². The van der Waals surface area contributed by atoms with Crippen molar-refractivity contribution in [3.63, 3.8) is 0 Å². The Morgan fingerprint density at radius 3 is 1.92 bits per heavy atom. The first kappa shape index (κ1) is 20.4. The highest BCUT2D eigenvalue weighted by Gasteiger charge is 2.53. The van der Waals surface area contributed by atoms with E-state index < -0.39 is 18.7 Å². The van der Waals surface area contributed by atoms with Crippen molar-refractivity contribution in [2.75, 3.05) is 13.2 Å². The SMILES string of the molecule is CCOP(=O)(OCC)C(C)(Cc1ccc(-c2ccccc2)cc1)C(=O)O. The first-order valence-corrected chi connectivity index (χ1v) is 10.2. The van der Waals surface area contributed by atoms with Gasteiger partial charge < -0.3 is 14.2 Å². The third-order valence-electron chi connectivity index (χ3n) is 4.27. The summed E-state index contributed by atoms with van der Waals surface area (Å²) in [5.74, 6) is -1.20. The van der Waals surface area contributed by atoms with E-state index in [0.29, 0.717) is 0 Å². The Bertz CT molecular complexity index is 763. The monoisotopic (exact) mass is 376 g/mol. The zero-order valence-electron chi connectivity index (χ0n) is 15.3. The minimum atomic E-state index is -3.83. The van der Waals surface area contributed by atoms with Gasteiger partial charge >= 0.3 is 13.6 Å². The molecule has 0 heterocycles. The van der Waals surface area contributed by atoms with Gasteiger partial charge in [-0.05, 0) is 43.9 Å². The minimum Gasteiger partial charge on any atom is -0.480 e. The largest absolute Gasteiger partial charge is 0.480 e. The summed E-state index contributed by atoms with van der Waals surface area (Å²) < 4.78 is 23.8. The summed E-state index contributed by atoms with van der Waals surface area (Å²) in [6.45, 7) is 5.00. The normalized spacial score (nSPS) is 14.0. The Morgan fingerprint density at radius 2 is 1.46 bits per heavy atom. The summed E-state index contributed by atoms with van der Waals surface area (Å²) in [6, 6.07) is 17.5. The van der Waals surface area contributed by atoms with Crippen molar-refractivity contribution in [3.8, 4) is 11.1 Å². The lowest BCUT2D eigenvalue weighted by atomic mass is 9.97. The molecule has 0 aliphatic carbocycles. The fourth-order valence-electron chi connectivity index (χ4n) is 2.79. The molecule has 0 spiro atoms. The second-order valence-corrected chi connectivity index (χ2v) is 8.65. The average Bonchev–Trinajstić information content (AvgIpc) is 2.63. The average molecular weight is 376 g/mol. The van der Waals surface area contributed by atoms with Gasteiger partial charge in [0.25, 0.3) is 0 Å². The Morgan fingerprint density at radius 1 is 0.962 bits per heavy atom. The van der Waals surface area contributed by atoms with Gasteiger partial charge in [-0.3, -0.25) is 9.36 Å². The van der Waals surface area contributed by atoms with Gasteiger partial charge in [0.15, 0.2) is 5.16 Å². The lowest BCUT2D eigenvalue weighted by molar-refractivity contribution is -0.140. The summed E-state index contributed by atoms with van der Waals surface area (Å²) in [4.78, 5) is 12.0. The van der Waals surface area contributed by atoms with Crippen molar-refractivity contribution >= 4 is 13.6 Å². The number of carboxylic acid groups (broad SMARTS) is 1. The molecule has 0 amide bonds. The highest BCUT2D eigenvalue weighted by atomic mass is 31.2. The van der Waals surface area contributed by atoms with Crippen molar-refractivity contribution in [1.82, 2.24) is 0 Å². The topological polar surface area (TPSA) is 72.8 Å². The zero-order chi connectivity index (χ0) is 19.2. The molecule has 0 bridgehead atoms. The third kappa shape index (κ3) is 4.24. The summed E-state index contributed by atoms with van der Waals surface area (Å²) in [5, 5.41) is 8.12. The first-order valence-electron chi connectivity index (χ1n) is 8.63. The second kappa shape index (κ2) is 8.63. The first-order chi connectivity index (χ1) is 12.4. The van der Waals surface area contributed by atoms with Crippen LogP contribution in [0.4, 0.5) is 0 Å². The van der Waals surface area contributed by atoms with Crippen molar-refractivity contribution in [2.45, 2.75) is 32.3 Å². The Hall–Kier alpha value is -1.94. The van der Waals surface area contributed by atoms with E-state index in [4.69, 9.17) is 9.05 Å². The number of hydrogen-bond acceptors (Lipinski definition) is 4. The molecule has 5 nitrogen and oxygen atoms in total. The van der Waals surface area contributed by atoms with Crippen LogP contribution in [0.5, 0.6) is 0 Å². The molecule has 0 aliphatic rings. The summed E-state index contributed by atoms with van der Waals surface area (Å²) >= 11 is 0. The molecule has 140 valence electrons. The van der Waals surface area contributed by atoms with Crippen LogP contribution in [0, 0.1) is 0 Å². The van der Waals surface area contributed by atoms with Gasteiger partial charge in [-0.15, -0.1) is 0 Å². The summed E-state index contributed by atoms with van der Waals surface area (Å²) in [6.07, 6.45) is 0.0503. The highest BCUT2D eigenvalue weighted by molar-refractivity contribution is 7.56. The van der Waals surface area contributed by atoms with Gasteiger partial charge in [0.1, 0.15) is 0 Å². The number of carboxylic acids is 1. The van der Waals surface area contributed by atoms with E-state index in [9.17, 15) is 14.5 Å². The van der Waals surface area contributed by atoms with E-state index in [0.717, 1.165) is 16.7 Å². The number of aliphatic carboxylic acids is 1. The van der Waals surface area contributed by atoms with Crippen molar-refractivity contribution in [3.05, 3.63) is 60.2 Å². The summed E-state index contributed by atoms with van der Waals surface area (Å²) in [5.41, 5.74) is 2.87. The molecular formula is C20H25O5P. The van der Waals surface area contributed by atoms with E-state index in [2.05, 4.69) is 0 Å².